The van der Waals surface area contributed by atoms with Gasteiger partial charge in [-0.05, 0) is 0 Å². The van der Waals surface area contributed by atoms with Crippen molar-refractivity contribution >= 4 is 7.35 Å². The van der Waals surface area contributed by atoms with Gasteiger partial charge in [-0.1, -0.05) is 0 Å². The molecule has 1 heterocycles. The van der Waals surface area contributed by atoms with E-state index in [1.54, 1.807) is 0 Å². The van der Waals surface area contributed by atoms with Crippen LogP contribution in [0.5, 0.6) is 0 Å². The maximum atomic E-state index is 8.25. The average Bonchev–Trinajstić information content (AvgIpc) is 2.16. The molecular weight excluding hydrogens is 129 g/mol. The molecule has 10 heavy (non-hydrogen) atoms. The summed E-state index contributed by atoms with van der Waals surface area (Å²) >= 11 is 0. The van der Waals surface area contributed by atoms with Crippen LogP contribution >= 0.6 is 0 Å². The van der Waals surface area contributed by atoms with E-state index in [1.165, 1.54) is 30.4 Å². The van der Waals surface area contributed by atoms with Crippen LogP contribution < -0.4 is 5.02 Å². The molecule has 0 spiro atoms. The molecule has 1 fully saturated rings. The Kier molecular flexibility index (Phi) is 4.28. The molecule has 0 saturated carbocycles. The molecule has 0 aromatic carbocycles. The SMILES string of the molecule is C[N+]1(C)CCCC1.O=B[O-]. The Hall–Kier alpha value is -0.375. The van der Waals surface area contributed by atoms with Gasteiger partial charge in [0.25, 0.3) is 0 Å². The van der Waals surface area contributed by atoms with E-state index < -0.39 is 7.35 Å². The molecule has 0 N–H and O–H groups in total. The second-order valence-electron chi connectivity index (χ2n) is 3.19. The first kappa shape index (κ1) is 9.62. The van der Waals surface area contributed by atoms with Crippen molar-refractivity contribution in [2.45, 2.75) is 12.8 Å². The summed E-state index contributed by atoms with van der Waals surface area (Å²) in [6.45, 7) is 2.78. The molecule has 0 aliphatic carbocycles. The van der Waals surface area contributed by atoms with Gasteiger partial charge >= 0.3 is 17.1 Å². The molecule has 0 atom stereocenters. The minimum absolute atomic E-state index is 0.500. The van der Waals surface area contributed by atoms with Crippen molar-refractivity contribution in [2.24, 2.45) is 0 Å². The average molecular weight is 143 g/mol. The predicted octanol–water partition coefficient (Wildman–Crippen LogP) is -0.832. The molecule has 0 amide bonds. The summed E-state index contributed by atoms with van der Waals surface area (Å²) in [5.74, 6) is 0. The Morgan fingerprint density at radius 1 is 1.30 bits per heavy atom. The van der Waals surface area contributed by atoms with Gasteiger partial charge in [-0.2, -0.15) is 0 Å². The summed E-state index contributed by atoms with van der Waals surface area (Å²) < 4.78 is 9.50. The molecule has 3 nitrogen and oxygen atoms in total. The molecule has 1 rings (SSSR count). The first-order valence-corrected chi connectivity index (χ1v) is 3.50. The second kappa shape index (κ2) is 4.44. The summed E-state index contributed by atoms with van der Waals surface area (Å²) in [4.78, 5) is 0. The Morgan fingerprint density at radius 2 is 1.60 bits per heavy atom. The van der Waals surface area contributed by atoms with Gasteiger partial charge in [0, 0.05) is 12.8 Å². The zero-order valence-electron chi connectivity index (χ0n) is 6.67. The van der Waals surface area contributed by atoms with Gasteiger partial charge in [-0.15, -0.1) is 0 Å². The van der Waals surface area contributed by atoms with Gasteiger partial charge in [-0.3, -0.25) is 0 Å². The summed E-state index contributed by atoms with van der Waals surface area (Å²) in [5.41, 5.74) is 0. The van der Waals surface area contributed by atoms with Crippen LogP contribution in [-0.2, 0) is 4.70 Å². The first-order chi connectivity index (χ1) is 4.62. The number of hydrogen-bond acceptors (Lipinski definition) is 2. The van der Waals surface area contributed by atoms with Crippen LogP contribution in [0.25, 0.3) is 0 Å². The number of likely N-dealkylation sites (tertiary alicyclic amines) is 1. The molecule has 4 heteroatoms. The number of quaternary nitrogens is 1. The van der Waals surface area contributed by atoms with E-state index in [0.717, 1.165) is 0 Å². The van der Waals surface area contributed by atoms with Crippen molar-refractivity contribution in [3.05, 3.63) is 0 Å². The number of hydrogen-bond donors (Lipinski definition) is 0. The van der Waals surface area contributed by atoms with Crippen molar-refractivity contribution in [1.29, 1.82) is 0 Å². The standard InChI is InChI=1S/C6H14N.BO2/c1-7(2)5-3-4-6-7;2-1-3/h3-6H2,1-2H3;/q+1;-1. The van der Waals surface area contributed by atoms with Crippen LogP contribution in [0.15, 0.2) is 0 Å². The Bertz CT molecular complexity index is 97.9. The first-order valence-electron chi connectivity index (χ1n) is 3.50. The third-order valence-corrected chi connectivity index (χ3v) is 1.78. The zero-order chi connectivity index (χ0) is 8.04. The monoisotopic (exact) mass is 143 g/mol. The molecule has 0 unspecified atom stereocenters. The molecule has 1 saturated heterocycles. The number of nitrogens with zero attached hydrogens (tertiary/aromatic N) is 1. The number of rotatable bonds is 0. The molecule has 0 aromatic heterocycles. The van der Waals surface area contributed by atoms with E-state index in [0.29, 0.717) is 0 Å². The Morgan fingerprint density at radius 3 is 1.70 bits per heavy atom. The fourth-order valence-electron chi connectivity index (χ4n) is 1.19. The van der Waals surface area contributed by atoms with E-state index in [2.05, 4.69) is 14.1 Å². The van der Waals surface area contributed by atoms with Crippen molar-refractivity contribution in [2.75, 3.05) is 27.2 Å². The summed E-state index contributed by atoms with van der Waals surface area (Å²) in [6.07, 6.45) is 2.88. The quantitative estimate of drug-likeness (QED) is 0.328. The van der Waals surface area contributed by atoms with Gasteiger partial charge in [0.2, 0.25) is 0 Å². The summed E-state index contributed by atoms with van der Waals surface area (Å²) in [6, 6.07) is 0. The summed E-state index contributed by atoms with van der Waals surface area (Å²) in [7, 11) is 4.10. The van der Waals surface area contributed by atoms with Gasteiger partial charge in [0.15, 0.2) is 0 Å². The molecule has 58 valence electrons. The van der Waals surface area contributed by atoms with Crippen LogP contribution in [0, 0.1) is 0 Å². The van der Waals surface area contributed by atoms with Gasteiger partial charge < -0.3 is 4.48 Å². The van der Waals surface area contributed by atoms with E-state index in [-0.39, 0.29) is 0 Å². The van der Waals surface area contributed by atoms with Gasteiger partial charge in [0.1, 0.15) is 0 Å². The van der Waals surface area contributed by atoms with Gasteiger partial charge in [-0.25, -0.2) is 0 Å². The Labute approximate surface area is 62.5 Å². The summed E-state index contributed by atoms with van der Waals surface area (Å²) in [5, 5.41) is 8.25. The molecular formula is C6H14BNO2. The van der Waals surface area contributed by atoms with Crippen LogP contribution in [0.4, 0.5) is 0 Å². The van der Waals surface area contributed by atoms with E-state index >= 15 is 0 Å². The van der Waals surface area contributed by atoms with E-state index in [9.17, 15) is 0 Å². The van der Waals surface area contributed by atoms with Crippen LogP contribution in [0.3, 0.4) is 0 Å². The van der Waals surface area contributed by atoms with Crippen LogP contribution in [0.2, 0.25) is 0 Å². The normalized spacial score (nSPS) is 20.6. The van der Waals surface area contributed by atoms with E-state index in [4.69, 9.17) is 9.73 Å². The van der Waals surface area contributed by atoms with Crippen molar-refractivity contribution < 1.29 is 14.2 Å². The van der Waals surface area contributed by atoms with Crippen LogP contribution in [-0.4, -0.2) is 39.0 Å². The van der Waals surface area contributed by atoms with Crippen LogP contribution in [0.1, 0.15) is 12.8 Å². The zero-order valence-corrected chi connectivity index (χ0v) is 6.67. The van der Waals surface area contributed by atoms with Crippen molar-refractivity contribution in [3.8, 4) is 0 Å². The molecule has 0 aromatic rings. The third-order valence-electron chi connectivity index (χ3n) is 1.78. The topological polar surface area (TPSA) is 40.1 Å². The third kappa shape index (κ3) is 4.50. The Balaban J connectivity index is 0.000000236. The fraction of sp³-hybridized carbons (Fsp3) is 1.00. The minimum atomic E-state index is -0.500. The van der Waals surface area contributed by atoms with Crippen molar-refractivity contribution in [1.82, 2.24) is 0 Å². The second-order valence-corrected chi connectivity index (χ2v) is 3.19. The maximum absolute atomic E-state index is 8.25. The fourth-order valence-corrected chi connectivity index (χ4v) is 1.19. The van der Waals surface area contributed by atoms with Gasteiger partial charge in [0.05, 0.1) is 27.2 Å². The molecule has 0 bridgehead atoms. The molecule has 0 radical (unpaired) electrons. The molecule has 1 aliphatic heterocycles. The van der Waals surface area contributed by atoms with E-state index in [1.807, 2.05) is 0 Å². The van der Waals surface area contributed by atoms with Crippen molar-refractivity contribution in [3.63, 3.8) is 0 Å². The predicted molar refractivity (Wildman–Crippen MR) is 37.5 cm³/mol. The molecule has 1 aliphatic rings.